The Labute approximate surface area is 77.3 Å². The van der Waals surface area contributed by atoms with Gasteiger partial charge in [-0.3, -0.25) is 0 Å². The van der Waals surface area contributed by atoms with Crippen LogP contribution in [0.25, 0.3) is 0 Å². The van der Waals surface area contributed by atoms with E-state index in [9.17, 15) is 0 Å². The molecule has 0 aromatic heterocycles. The molecule has 0 spiro atoms. The first kappa shape index (κ1) is 11.9. The van der Waals surface area contributed by atoms with Gasteiger partial charge in [0.05, 0.1) is 0 Å². The van der Waals surface area contributed by atoms with Crippen LogP contribution in [-0.4, -0.2) is 38.6 Å². The molecule has 0 bridgehead atoms. The topological polar surface area (TPSA) is 15.3 Å². The lowest BCUT2D eigenvalue weighted by molar-refractivity contribution is 0.241. The molecule has 0 aliphatic heterocycles. The lowest BCUT2D eigenvalue weighted by Crippen LogP contribution is -2.34. The van der Waals surface area contributed by atoms with Crippen LogP contribution in [0, 0.1) is 11.8 Å². The molecule has 74 valence electrons. The van der Waals surface area contributed by atoms with Gasteiger partial charge in [-0.15, -0.1) is 0 Å². The summed E-state index contributed by atoms with van der Waals surface area (Å²) in [4.78, 5) is 2.38. The van der Waals surface area contributed by atoms with Gasteiger partial charge in [-0.2, -0.15) is 0 Å². The van der Waals surface area contributed by atoms with Crippen LogP contribution in [0.2, 0.25) is 0 Å². The lowest BCUT2D eigenvalue weighted by atomic mass is 9.95. The lowest BCUT2D eigenvalue weighted by Gasteiger charge is -2.25. The molecule has 0 fully saturated rings. The maximum absolute atomic E-state index is 3.25. The summed E-state index contributed by atoms with van der Waals surface area (Å²) in [6.07, 6.45) is 0. The highest BCUT2D eigenvalue weighted by Crippen LogP contribution is 2.10. The van der Waals surface area contributed by atoms with Gasteiger partial charge in [0.15, 0.2) is 0 Å². The van der Waals surface area contributed by atoms with Gasteiger partial charge in [-0.05, 0) is 39.0 Å². The standard InChI is InChI=1S/C10H24N2/c1-6-12(5)8-10(7-11-4)9(2)3/h9-11H,6-8H2,1-5H3. The Kier molecular flexibility index (Phi) is 6.39. The smallest absolute Gasteiger partial charge is 0.00211 e. The zero-order valence-corrected chi connectivity index (χ0v) is 9.22. The van der Waals surface area contributed by atoms with Crippen molar-refractivity contribution in [1.29, 1.82) is 0 Å². The van der Waals surface area contributed by atoms with E-state index >= 15 is 0 Å². The fourth-order valence-electron chi connectivity index (χ4n) is 1.30. The summed E-state index contributed by atoms with van der Waals surface area (Å²) in [7, 11) is 4.21. The van der Waals surface area contributed by atoms with E-state index in [2.05, 4.69) is 38.0 Å². The normalized spacial score (nSPS) is 14.2. The molecule has 0 rings (SSSR count). The van der Waals surface area contributed by atoms with E-state index in [-0.39, 0.29) is 0 Å². The molecule has 0 heterocycles. The summed E-state index contributed by atoms with van der Waals surface area (Å²) in [6, 6.07) is 0. The summed E-state index contributed by atoms with van der Waals surface area (Å²) in [5, 5.41) is 3.25. The largest absolute Gasteiger partial charge is 0.319 e. The van der Waals surface area contributed by atoms with Crippen molar-refractivity contribution >= 4 is 0 Å². The first-order valence-electron chi connectivity index (χ1n) is 4.94. The zero-order valence-electron chi connectivity index (χ0n) is 9.22. The molecule has 0 amide bonds. The van der Waals surface area contributed by atoms with Gasteiger partial charge in [0, 0.05) is 6.54 Å². The molecule has 12 heavy (non-hydrogen) atoms. The van der Waals surface area contributed by atoms with Gasteiger partial charge in [0.1, 0.15) is 0 Å². The minimum atomic E-state index is 0.770. The first-order chi connectivity index (χ1) is 5.61. The minimum absolute atomic E-state index is 0.770. The van der Waals surface area contributed by atoms with E-state index in [0.717, 1.165) is 24.9 Å². The fourth-order valence-corrected chi connectivity index (χ4v) is 1.30. The average Bonchev–Trinajstić information content (AvgIpc) is 2.03. The predicted molar refractivity (Wildman–Crippen MR) is 55.4 cm³/mol. The summed E-state index contributed by atoms with van der Waals surface area (Å²) in [5.41, 5.74) is 0. The van der Waals surface area contributed by atoms with E-state index in [1.165, 1.54) is 6.54 Å². The highest BCUT2D eigenvalue weighted by Gasteiger charge is 2.13. The molecule has 2 nitrogen and oxygen atoms in total. The Balaban J connectivity index is 3.77. The highest BCUT2D eigenvalue weighted by atomic mass is 15.1. The maximum atomic E-state index is 3.25. The fraction of sp³-hybridized carbons (Fsp3) is 1.00. The van der Waals surface area contributed by atoms with Crippen LogP contribution in [-0.2, 0) is 0 Å². The second-order valence-corrected chi connectivity index (χ2v) is 3.92. The van der Waals surface area contributed by atoms with Crippen LogP contribution in [0.5, 0.6) is 0 Å². The number of rotatable bonds is 6. The summed E-state index contributed by atoms with van der Waals surface area (Å²) in [5.74, 6) is 1.55. The van der Waals surface area contributed by atoms with Crippen LogP contribution in [0.3, 0.4) is 0 Å². The van der Waals surface area contributed by atoms with Crippen molar-refractivity contribution in [3.63, 3.8) is 0 Å². The van der Waals surface area contributed by atoms with Crippen LogP contribution >= 0.6 is 0 Å². The Morgan fingerprint density at radius 2 is 1.92 bits per heavy atom. The number of nitrogens with one attached hydrogen (secondary N) is 1. The molecule has 0 aromatic rings. The molecule has 2 heteroatoms. The predicted octanol–water partition coefficient (Wildman–Crippen LogP) is 1.43. The van der Waals surface area contributed by atoms with Gasteiger partial charge in [-0.1, -0.05) is 20.8 Å². The highest BCUT2D eigenvalue weighted by molar-refractivity contribution is 4.68. The zero-order chi connectivity index (χ0) is 9.56. The third-order valence-corrected chi connectivity index (χ3v) is 2.50. The van der Waals surface area contributed by atoms with Crippen molar-refractivity contribution in [3.05, 3.63) is 0 Å². The first-order valence-corrected chi connectivity index (χ1v) is 4.94. The second-order valence-electron chi connectivity index (χ2n) is 3.92. The summed E-state index contributed by atoms with van der Waals surface area (Å²) >= 11 is 0. The Morgan fingerprint density at radius 1 is 1.33 bits per heavy atom. The molecule has 0 aromatic carbocycles. The number of nitrogens with zero attached hydrogens (tertiary/aromatic N) is 1. The molecule has 1 unspecified atom stereocenters. The van der Waals surface area contributed by atoms with Crippen molar-refractivity contribution in [2.24, 2.45) is 11.8 Å². The van der Waals surface area contributed by atoms with Gasteiger partial charge in [0.25, 0.3) is 0 Å². The molecular formula is C10H24N2. The van der Waals surface area contributed by atoms with E-state index in [1.807, 2.05) is 7.05 Å². The molecule has 0 aliphatic carbocycles. The third-order valence-electron chi connectivity index (χ3n) is 2.50. The van der Waals surface area contributed by atoms with Crippen molar-refractivity contribution in [1.82, 2.24) is 10.2 Å². The van der Waals surface area contributed by atoms with E-state index in [0.29, 0.717) is 0 Å². The monoisotopic (exact) mass is 172 g/mol. The van der Waals surface area contributed by atoms with Crippen molar-refractivity contribution in [2.75, 3.05) is 33.7 Å². The molecular weight excluding hydrogens is 148 g/mol. The molecule has 0 aliphatic rings. The number of hydrogen-bond acceptors (Lipinski definition) is 2. The molecule has 0 saturated heterocycles. The van der Waals surface area contributed by atoms with Gasteiger partial charge >= 0.3 is 0 Å². The molecule has 1 N–H and O–H groups in total. The van der Waals surface area contributed by atoms with Crippen LogP contribution in [0.1, 0.15) is 20.8 Å². The summed E-state index contributed by atoms with van der Waals surface area (Å²) in [6.45, 7) is 10.3. The summed E-state index contributed by atoms with van der Waals surface area (Å²) < 4.78 is 0. The third kappa shape index (κ3) is 4.73. The molecule has 1 atom stereocenters. The second kappa shape index (κ2) is 6.44. The Morgan fingerprint density at radius 3 is 2.25 bits per heavy atom. The Hall–Kier alpha value is -0.0800. The van der Waals surface area contributed by atoms with Crippen molar-refractivity contribution in [3.8, 4) is 0 Å². The van der Waals surface area contributed by atoms with E-state index < -0.39 is 0 Å². The van der Waals surface area contributed by atoms with Crippen molar-refractivity contribution in [2.45, 2.75) is 20.8 Å². The van der Waals surface area contributed by atoms with Crippen LogP contribution in [0.15, 0.2) is 0 Å². The Bertz CT molecular complexity index is 102. The van der Waals surface area contributed by atoms with Crippen LogP contribution < -0.4 is 5.32 Å². The quantitative estimate of drug-likeness (QED) is 0.652. The average molecular weight is 172 g/mol. The SMILES string of the molecule is CCN(C)CC(CNC)C(C)C. The van der Waals surface area contributed by atoms with Gasteiger partial charge in [0.2, 0.25) is 0 Å². The van der Waals surface area contributed by atoms with Crippen LogP contribution in [0.4, 0.5) is 0 Å². The number of hydrogen-bond donors (Lipinski definition) is 1. The van der Waals surface area contributed by atoms with E-state index in [4.69, 9.17) is 0 Å². The molecule has 0 radical (unpaired) electrons. The maximum Gasteiger partial charge on any atom is 0.00211 e. The van der Waals surface area contributed by atoms with E-state index in [1.54, 1.807) is 0 Å². The van der Waals surface area contributed by atoms with Gasteiger partial charge in [-0.25, -0.2) is 0 Å². The molecule has 0 saturated carbocycles. The van der Waals surface area contributed by atoms with Crippen molar-refractivity contribution < 1.29 is 0 Å². The minimum Gasteiger partial charge on any atom is -0.319 e. The van der Waals surface area contributed by atoms with Gasteiger partial charge < -0.3 is 10.2 Å².